The number of morpholine rings is 1. The number of benzene rings is 2. The van der Waals surface area contributed by atoms with Gasteiger partial charge in [-0.3, -0.25) is 24.1 Å². The van der Waals surface area contributed by atoms with E-state index in [1.54, 1.807) is 16.7 Å². The van der Waals surface area contributed by atoms with E-state index in [1.165, 1.54) is 16.2 Å². The molecule has 4 heterocycles. The lowest BCUT2D eigenvalue weighted by molar-refractivity contribution is -0.137. The first-order valence-electron chi connectivity index (χ1n) is 14.5. The summed E-state index contributed by atoms with van der Waals surface area (Å²) < 4.78 is 12.1. The molecule has 12 heteroatoms. The second kappa shape index (κ2) is 10.6. The van der Waals surface area contributed by atoms with Crippen molar-refractivity contribution in [2.75, 3.05) is 37.8 Å². The Morgan fingerprint density at radius 2 is 1.67 bits per heavy atom. The van der Waals surface area contributed by atoms with E-state index in [2.05, 4.69) is 20.9 Å². The summed E-state index contributed by atoms with van der Waals surface area (Å²) in [5.41, 5.74) is 1.66. The number of thiazole rings is 1. The molecule has 7 atom stereocenters. The monoisotopic (exact) mass is 681 g/mol. The Morgan fingerprint density at radius 1 is 0.977 bits per heavy atom. The van der Waals surface area contributed by atoms with Crippen molar-refractivity contribution < 1.29 is 23.9 Å². The average Bonchev–Trinajstić information content (AvgIpc) is 3.76. The fourth-order valence-electron chi connectivity index (χ4n) is 8.06. The predicted molar refractivity (Wildman–Crippen MR) is 164 cm³/mol. The number of hydrogen-bond donors (Lipinski definition) is 1. The van der Waals surface area contributed by atoms with Crippen LogP contribution in [0.2, 0.25) is 0 Å². The van der Waals surface area contributed by atoms with Gasteiger partial charge < -0.3 is 19.4 Å². The molecule has 1 N–H and O–H groups in total. The topological polar surface area (TPSA) is 109 Å². The van der Waals surface area contributed by atoms with Crippen molar-refractivity contribution in [1.82, 2.24) is 9.88 Å². The Kier molecular flexibility index (Phi) is 6.81. The van der Waals surface area contributed by atoms with Gasteiger partial charge in [-0.1, -0.05) is 39.4 Å². The molecule has 3 amide bonds. The van der Waals surface area contributed by atoms with E-state index in [-0.39, 0.29) is 70.0 Å². The first-order chi connectivity index (χ1) is 20.9. The Bertz CT molecular complexity index is 1670. The fourth-order valence-corrected chi connectivity index (χ4v) is 11.2. The van der Waals surface area contributed by atoms with Gasteiger partial charge in [0, 0.05) is 33.6 Å². The van der Waals surface area contributed by atoms with Crippen molar-refractivity contribution in [3.8, 4) is 5.75 Å². The minimum Gasteiger partial charge on any atom is -0.484 e. The quantitative estimate of drug-likeness (QED) is 0.404. The lowest BCUT2D eigenvalue weighted by Crippen LogP contribution is -2.43. The summed E-state index contributed by atoms with van der Waals surface area (Å²) in [7, 11) is 0. The number of hydrogen-bond acceptors (Lipinski definition) is 8. The van der Waals surface area contributed by atoms with Crippen molar-refractivity contribution in [1.29, 1.82) is 0 Å². The van der Waals surface area contributed by atoms with Gasteiger partial charge in [0.15, 0.2) is 6.61 Å². The van der Waals surface area contributed by atoms with Crippen molar-refractivity contribution in [3.63, 3.8) is 0 Å². The van der Waals surface area contributed by atoms with Crippen LogP contribution in [-0.2, 0) is 19.1 Å². The van der Waals surface area contributed by atoms with Crippen LogP contribution in [0.25, 0.3) is 0 Å². The molecule has 5 aliphatic rings. The SMILES string of the molecule is O=C(COc1ccc([C@H]2c3sc(=O)[nH]c3SC3C4CC(C5C(=O)N(c6ccc(Br)cc6)C(=O)C45)C32)cc1)N1CCOCC1. The zero-order chi connectivity index (χ0) is 29.4. The zero-order valence-corrected chi connectivity index (χ0v) is 26.2. The highest BCUT2D eigenvalue weighted by Crippen LogP contribution is 2.68. The van der Waals surface area contributed by atoms with Gasteiger partial charge in [-0.2, -0.15) is 0 Å². The van der Waals surface area contributed by atoms with Crippen LogP contribution < -0.4 is 14.5 Å². The van der Waals surface area contributed by atoms with Crippen LogP contribution in [-0.4, -0.2) is 65.8 Å². The van der Waals surface area contributed by atoms with Gasteiger partial charge in [0.05, 0.1) is 35.8 Å². The molecule has 6 unspecified atom stereocenters. The molecule has 8 rings (SSSR count). The predicted octanol–water partition coefficient (Wildman–Crippen LogP) is 4.11. The van der Waals surface area contributed by atoms with Gasteiger partial charge in [0.25, 0.3) is 5.91 Å². The van der Waals surface area contributed by atoms with E-state index in [4.69, 9.17) is 9.47 Å². The van der Waals surface area contributed by atoms with Crippen LogP contribution in [0.1, 0.15) is 22.8 Å². The number of amides is 3. The van der Waals surface area contributed by atoms with Crippen molar-refractivity contribution in [2.45, 2.75) is 22.6 Å². The number of nitrogens with zero attached hydrogens (tertiary/aromatic N) is 2. The summed E-state index contributed by atoms with van der Waals surface area (Å²) in [4.78, 5) is 59.9. The second-order valence-corrected chi connectivity index (χ2v) is 14.9. The smallest absolute Gasteiger partial charge is 0.305 e. The molecule has 43 heavy (non-hydrogen) atoms. The van der Waals surface area contributed by atoms with Crippen LogP contribution in [0.15, 0.2) is 62.8 Å². The molecular formula is C31H28BrN3O6S2. The maximum absolute atomic E-state index is 13.9. The Labute approximate surface area is 264 Å². The molecule has 0 spiro atoms. The molecular weight excluding hydrogens is 654 g/mol. The summed E-state index contributed by atoms with van der Waals surface area (Å²) in [5.74, 6) is -0.196. The van der Waals surface area contributed by atoms with Gasteiger partial charge >= 0.3 is 4.87 Å². The Morgan fingerprint density at radius 3 is 2.40 bits per heavy atom. The Hall–Kier alpha value is -2.93. The third-order valence-electron chi connectivity index (χ3n) is 9.77. The van der Waals surface area contributed by atoms with Gasteiger partial charge in [-0.25, -0.2) is 0 Å². The summed E-state index contributed by atoms with van der Waals surface area (Å²) in [6.07, 6.45) is 0.837. The number of aromatic amines is 1. The summed E-state index contributed by atoms with van der Waals surface area (Å²) >= 11 is 6.36. The largest absolute Gasteiger partial charge is 0.484 e. The number of ether oxygens (including phenoxy) is 2. The van der Waals surface area contributed by atoms with Crippen LogP contribution in [0, 0.1) is 29.6 Å². The molecule has 2 saturated heterocycles. The molecule has 2 aromatic carbocycles. The maximum Gasteiger partial charge on any atom is 0.305 e. The molecule has 222 valence electrons. The van der Waals surface area contributed by atoms with Crippen molar-refractivity contribution in [2.24, 2.45) is 29.6 Å². The molecule has 1 aromatic heterocycles. The number of carbonyl (C=O) groups excluding carboxylic acids is 3. The average molecular weight is 683 g/mol. The number of thioether (sulfide) groups is 1. The molecule has 3 aliphatic heterocycles. The number of carbonyl (C=O) groups is 3. The first-order valence-corrected chi connectivity index (χ1v) is 17.0. The normalized spacial score (nSPS) is 30.8. The van der Waals surface area contributed by atoms with Gasteiger partial charge in [-0.05, 0) is 66.1 Å². The molecule has 3 aromatic rings. The lowest BCUT2D eigenvalue weighted by Gasteiger charge is -2.43. The highest BCUT2D eigenvalue weighted by Gasteiger charge is 2.69. The number of aromatic nitrogens is 1. The van der Waals surface area contributed by atoms with Gasteiger partial charge in [-0.15, -0.1) is 11.8 Å². The summed E-state index contributed by atoms with van der Waals surface area (Å²) in [6, 6.07) is 15.1. The molecule has 2 aliphatic carbocycles. The van der Waals surface area contributed by atoms with Crippen LogP contribution in [0.4, 0.5) is 5.69 Å². The Balaban J connectivity index is 1.08. The summed E-state index contributed by atoms with van der Waals surface area (Å²) in [5, 5.41) is 1.00. The first kappa shape index (κ1) is 27.6. The molecule has 2 bridgehead atoms. The standard InChI is InChI=1S/C31H28BrN3O6S2/c32-16-3-5-17(6-4-16)35-29(37)24-19-13-20(25(24)30(35)38)26-23(19)22(27-28(42-26)33-31(39)43-27)15-1-7-18(8-2-15)41-14-21(36)34-9-11-40-12-10-34/h1-8,19-20,22-26H,9-14H2,(H,33,39)/t19?,20?,22-,23?,24?,25?,26?/m1/s1. The number of halogens is 1. The van der Waals surface area contributed by atoms with Gasteiger partial charge in [0.2, 0.25) is 11.8 Å². The van der Waals surface area contributed by atoms with Crippen molar-refractivity contribution >= 4 is 62.4 Å². The van der Waals surface area contributed by atoms with E-state index < -0.39 is 0 Å². The highest BCUT2D eigenvalue weighted by molar-refractivity contribution is 9.10. The number of nitrogens with one attached hydrogen (secondary N) is 1. The number of imide groups is 1. The molecule has 4 fully saturated rings. The lowest BCUT2D eigenvalue weighted by atomic mass is 9.68. The van der Waals surface area contributed by atoms with E-state index in [0.29, 0.717) is 37.7 Å². The van der Waals surface area contributed by atoms with E-state index in [1.807, 2.05) is 48.5 Å². The van der Waals surface area contributed by atoms with E-state index in [9.17, 15) is 19.2 Å². The minimum absolute atomic E-state index is 0.0362. The zero-order valence-electron chi connectivity index (χ0n) is 22.9. The number of anilines is 1. The van der Waals surface area contributed by atoms with Crippen LogP contribution in [0.5, 0.6) is 5.75 Å². The van der Waals surface area contributed by atoms with Gasteiger partial charge in [0.1, 0.15) is 5.75 Å². The second-order valence-electron chi connectivity index (χ2n) is 11.8. The fraction of sp³-hybridized carbons (Fsp3) is 0.419. The third-order valence-corrected chi connectivity index (χ3v) is 12.9. The maximum atomic E-state index is 13.9. The third kappa shape index (κ3) is 4.43. The minimum atomic E-state index is -0.350. The summed E-state index contributed by atoms with van der Waals surface area (Å²) in [6.45, 7) is 2.20. The van der Waals surface area contributed by atoms with Crippen LogP contribution >= 0.6 is 39.0 Å². The number of fused-ring (bicyclic) bond motifs is 9. The highest BCUT2D eigenvalue weighted by atomic mass is 79.9. The van der Waals surface area contributed by atoms with E-state index in [0.717, 1.165) is 26.4 Å². The van der Waals surface area contributed by atoms with Crippen molar-refractivity contribution in [3.05, 3.63) is 73.1 Å². The number of rotatable bonds is 5. The number of H-pyrrole nitrogens is 1. The van der Waals surface area contributed by atoms with Crippen LogP contribution in [0.3, 0.4) is 0 Å². The molecule has 0 radical (unpaired) electrons. The molecule has 9 nitrogen and oxygen atoms in total. The van der Waals surface area contributed by atoms with E-state index >= 15 is 0 Å². The molecule has 2 saturated carbocycles.